The van der Waals surface area contributed by atoms with Crippen molar-refractivity contribution in [3.8, 4) is 39.1 Å². The molecule has 2 heterocycles. The Bertz CT molecular complexity index is 3080. The van der Waals surface area contributed by atoms with Gasteiger partial charge in [0.25, 0.3) is 0 Å². The molecule has 1 aliphatic heterocycles. The molecule has 2 nitrogen and oxygen atoms in total. The number of aromatic nitrogens is 1. The monoisotopic (exact) mass is 724 g/mol. The van der Waals surface area contributed by atoms with Crippen molar-refractivity contribution < 1.29 is 0 Å². The molecule has 0 saturated heterocycles. The van der Waals surface area contributed by atoms with Gasteiger partial charge in [-0.05, 0) is 104 Å². The van der Waals surface area contributed by atoms with Gasteiger partial charge in [0.15, 0.2) is 0 Å². The summed E-state index contributed by atoms with van der Waals surface area (Å²) < 4.78 is 2.51. The maximum atomic E-state index is 2.51. The van der Waals surface area contributed by atoms with Crippen molar-refractivity contribution in [3.05, 3.63) is 241 Å². The topological polar surface area (TPSA) is 8.17 Å². The summed E-state index contributed by atoms with van der Waals surface area (Å²) in [6.07, 6.45) is 0. The lowest BCUT2D eigenvalue weighted by Crippen LogP contribution is -2.33. The molecule has 57 heavy (non-hydrogen) atoms. The minimum absolute atomic E-state index is 0.482. The van der Waals surface area contributed by atoms with Crippen LogP contribution in [-0.2, 0) is 5.41 Å². The predicted molar refractivity (Wildman–Crippen MR) is 237 cm³/mol. The lowest BCUT2D eigenvalue weighted by molar-refractivity contribution is 0.748. The zero-order chi connectivity index (χ0) is 37.5. The summed E-state index contributed by atoms with van der Waals surface area (Å²) >= 11 is 0. The summed E-state index contributed by atoms with van der Waals surface area (Å²) in [4.78, 5) is 2.41. The van der Waals surface area contributed by atoms with E-state index >= 15 is 0 Å². The summed E-state index contributed by atoms with van der Waals surface area (Å²) in [5, 5.41) is 2.58. The van der Waals surface area contributed by atoms with Crippen LogP contribution in [-0.4, -0.2) is 4.57 Å². The number of fused-ring (bicyclic) bond motifs is 12. The highest BCUT2D eigenvalue weighted by molar-refractivity contribution is 6.13. The van der Waals surface area contributed by atoms with Gasteiger partial charge >= 0.3 is 0 Å². The molecule has 1 unspecified atom stereocenters. The summed E-state index contributed by atoms with van der Waals surface area (Å²) in [5.74, 6) is 0. The molecular formula is C55H36N2. The van der Waals surface area contributed by atoms with Crippen LogP contribution in [0.3, 0.4) is 0 Å². The molecule has 1 aromatic heterocycles. The zero-order valence-corrected chi connectivity index (χ0v) is 31.2. The second kappa shape index (κ2) is 12.3. The molecule has 0 amide bonds. The summed E-state index contributed by atoms with van der Waals surface area (Å²) in [7, 11) is 0. The maximum absolute atomic E-state index is 2.51. The first-order valence-electron chi connectivity index (χ1n) is 19.8. The Hall–Kier alpha value is -7.42. The van der Waals surface area contributed by atoms with Crippen molar-refractivity contribution >= 4 is 38.9 Å². The van der Waals surface area contributed by atoms with Crippen molar-refractivity contribution in [2.45, 2.75) is 5.41 Å². The molecule has 266 valence electrons. The van der Waals surface area contributed by atoms with Gasteiger partial charge in [0, 0.05) is 27.8 Å². The van der Waals surface area contributed by atoms with Crippen molar-refractivity contribution in [1.82, 2.24) is 4.57 Å². The van der Waals surface area contributed by atoms with E-state index in [4.69, 9.17) is 0 Å². The zero-order valence-electron chi connectivity index (χ0n) is 31.2. The van der Waals surface area contributed by atoms with E-state index in [2.05, 4.69) is 228 Å². The molecule has 1 spiro atoms. The van der Waals surface area contributed by atoms with E-state index in [0.717, 1.165) is 17.1 Å². The van der Waals surface area contributed by atoms with Crippen LogP contribution in [0.4, 0.5) is 17.1 Å². The van der Waals surface area contributed by atoms with E-state index in [-0.39, 0.29) is 0 Å². The minimum atomic E-state index is -0.482. The second-order valence-electron chi connectivity index (χ2n) is 15.3. The van der Waals surface area contributed by atoms with Crippen molar-refractivity contribution in [3.63, 3.8) is 0 Å². The van der Waals surface area contributed by atoms with E-state index in [0.29, 0.717) is 0 Å². The fraction of sp³-hybridized carbons (Fsp3) is 0.0182. The average molecular weight is 725 g/mol. The van der Waals surface area contributed by atoms with Gasteiger partial charge in [-0.2, -0.15) is 0 Å². The van der Waals surface area contributed by atoms with Crippen molar-refractivity contribution in [2.24, 2.45) is 0 Å². The Kier molecular flexibility index (Phi) is 6.88. The number of rotatable bonds is 5. The largest absolute Gasteiger partial charge is 0.310 e. The maximum Gasteiger partial charge on any atom is 0.0754 e. The number of nitrogens with zero attached hydrogens (tertiary/aromatic N) is 2. The third-order valence-corrected chi connectivity index (χ3v) is 12.4. The fourth-order valence-electron chi connectivity index (χ4n) is 10.0. The number of benzene rings is 9. The highest BCUT2D eigenvalue weighted by Gasteiger charge is 2.50. The summed E-state index contributed by atoms with van der Waals surface area (Å²) in [6, 6.07) is 80.4. The van der Waals surface area contributed by atoms with Crippen LogP contribution in [0.1, 0.15) is 22.3 Å². The molecule has 0 N–H and O–H groups in total. The molecule has 2 aliphatic rings. The smallest absolute Gasteiger partial charge is 0.0754 e. The van der Waals surface area contributed by atoms with Gasteiger partial charge in [-0.15, -0.1) is 0 Å². The third kappa shape index (κ3) is 4.53. The van der Waals surface area contributed by atoms with Gasteiger partial charge in [0.2, 0.25) is 0 Å². The highest BCUT2D eigenvalue weighted by Crippen LogP contribution is 2.61. The first-order valence-corrected chi connectivity index (χ1v) is 19.8. The standard InChI is InChI=1S/C55H36N2/c1-3-14-37(15-4-1)39-26-30-41(31-27-39)56(42-32-28-40(29-33-42)38-16-5-2-6-17-38)43-34-35-49-47(36-43)44-18-7-9-21-48(44)55(49)50-22-10-12-25-53(50)57-52-24-11-8-19-45(52)46-20-13-23-51(55)54(46)57/h1-36H. The molecule has 9 aromatic carbocycles. The fourth-order valence-corrected chi connectivity index (χ4v) is 10.0. The number of anilines is 3. The predicted octanol–water partition coefficient (Wildman–Crippen LogP) is 14.3. The minimum Gasteiger partial charge on any atom is -0.310 e. The second-order valence-corrected chi connectivity index (χ2v) is 15.3. The Balaban J connectivity index is 1.09. The molecule has 0 fully saturated rings. The van der Waals surface area contributed by atoms with E-state index in [1.165, 1.54) is 83.1 Å². The third-order valence-electron chi connectivity index (χ3n) is 12.4. The molecule has 0 saturated carbocycles. The Morgan fingerprint density at radius 1 is 0.333 bits per heavy atom. The van der Waals surface area contributed by atoms with E-state index in [1.54, 1.807) is 0 Å². The van der Waals surface area contributed by atoms with Crippen LogP contribution in [0.25, 0.3) is 60.9 Å². The average Bonchev–Trinajstić information content (AvgIpc) is 3.78. The van der Waals surface area contributed by atoms with Crippen molar-refractivity contribution in [1.29, 1.82) is 0 Å². The molecule has 0 bridgehead atoms. The molecule has 1 atom stereocenters. The van der Waals surface area contributed by atoms with Crippen LogP contribution in [0.15, 0.2) is 218 Å². The highest BCUT2D eigenvalue weighted by atomic mass is 15.1. The number of hydrogen-bond acceptors (Lipinski definition) is 1. The first kappa shape index (κ1) is 31.9. The van der Waals surface area contributed by atoms with Crippen molar-refractivity contribution in [2.75, 3.05) is 4.90 Å². The van der Waals surface area contributed by atoms with Gasteiger partial charge in [0.05, 0.1) is 22.1 Å². The van der Waals surface area contributed by atoms with E-state index in [1.807, 2.05) is 0 Å². The van der Waals surface area contributed by atoms with Crippen LogP contribution < -0.4 is 4.90 Å². The van der Waals surface area contributed by atoms with E-state index < -0.39 is 5.41 Å². The SMILES string of the molecule is c1ccc(-c2ccc(N(c3ccc(-c4ccccc4)cc3)c3ccc4c(c3)-c3ccccc3C43c4ccccc4-n4c5ccccc5c5cccc3c54)cc2)cc1. The molecule has 0 radical (unpaired) electrons. The van der Waals surface area contributed by atoms with Crippen LogP contribution in [0.5, 0.6) is 0 Å². The summed E-state index contributed by atoms with van der Waals surface area (Å²) in [5.41, 5.74) is 19.3. The van der Waals surface area contributed by atoms with Crippen LogP contribution in [0, 0.1) is 0 Å². The van der Waals surface area contributed by atoms with Gasteiger partial charge in [0.1, 0.15) is 0 Å². The number of para-hydroxylation sites is 3. The van der Waals surface area contributed by atoms with Crippen LogP contribution >= 0.6 is 0 Å². The Morgan fingerprint density at radius 2 is 0.842 bits per heavy atom. The first-order chi connectivity index (χ1) is 28.3. The lowest BCUT2D eigenvalue weighted by Gasteiger charge is -2.39. The Labute approximate surface area is 332 Å². The van der Waals surface area contributed by atoms with E-state index in [9.17, 15) is 0 Å². The Morgan fingerprint density at radius 3 is 1.54 bits per heavy atom. The number of hydrogen-bond donors (Lipinski definition) is 0. The molecular weight excluding hydrogens is 689 g/mol. The quantitative estimate of drug-likeness (QED) is 0.172. The summed E-state index contributed by atoms with van der Waals surface area (Å²) in [6.45, 7) is 0. The van der Waals surface area contributed by atoms with Gasteiger partial charge in [-0.3, -0.25) is 0 Å². The molecule has 1 aliphatic carbocycles. The lowest BCUT2D eigenvalue weighted by atomic mass is 9.65. The molecule has 12 rings (SSSR count). The molecule has 2 heteroatoms. The molecule has 10 aromatic rings. The van der Waals surface area contributed by atoms with Gasteiger partial charge in [-0.1, -0.05) is 170 Å². The van der Waals surface area contributed by atoms with Gasteiger partial charge in [-0.25, -0.2) is 0 Å². The van der Waals surface area contributed by atoms with Crippen LogP contribution in [0.2, 0.25) is 0 Å². The normalized spacial score (nSPS) is 14.7. The van der Waals surface area contributed by atoms with Gasteiger partial charge < -0.3 is 9.47 Å².